The van der Waals surface area contributed by atoms with Gasteiger partial charge in [-0.05, 0) is 25.0 Å². The third-order valence-electron chi connectivity index (χ3n) is 4.62. The predicted molar refractivity (Wildman–Crippen MR) is 76.8 cm³/mol. The van der Waals surface area contributed by atoms with E-state index in [2.05, 4.69) is 10.3 Å². The Labute approximate surface area is 118 Å². The number of carbonyl (C=O) groups excluding carboxylic acids is 1. The fourth-order valence-corrected chi connectivity index (χ4v) is 3.55. The molecule has 5 heteroatoms. The van der Waals surface area contributed by atoms with E-state index in [1.165, 1.54) is 6.42 Å². The molecule has 1 aliphatic carbocycles. The van der Waals surface area contributed by atoms with Gasteiger partial charge >= 0.3 is 0 Å². The molecule has 1 spiro atoms. The molecule has 108 valence electrons. The van der Waals surface area contributed by atoms with Gasteiger partial charge in [0, 0.05) is 25.8 Å². The molecule has 3 rings (SSSR count). The zero-order valence-electron chi connectivity index (χ0n) is 11.7. The van der Waals surface area contributed by atoms with Crippen LogP contribution in [0.4, 0.5) is 0 Å². The van der Waals surface area contributed by atoms with E-state index < -0.39 is 0 Å². The van der Waals surface area contributed by atoms with Gasteiger partial charge in [0.15, 0.2) is 0 Å². The van der Waals surface area contributed by atoms with E-state index in [0.29, 0.717) is 6.54 Å². The average Bonchev–Trinajstić information content (AvgIpc) is 2.48. The van der Waals surface area contributed by atoms with Crippen molar-refractivity contribution in [2.75, 3.05) is 19.6 Å². The molecular weight excluding hydrogens is 254 g/mol. The molecular formula is C15H21N3O2. The Morgan fingerprint density at radius 3 is 2.80 bits per heavy atom. The van der Waals surface area contributed by atoms with Crippen LogP contribution < -0.4 is 10.9 Å². The molecule has 0 radical (unpaired) electrons. The Bertz CT molecular complexity index is 538. The second-order valence-electron chi connectivity index (χ2n) is 5.83. The number of amides is 1. The first-order chi connectivity index (χ1) is 9.73. The minimum absolute atomic E-state index is 0.0874. The lowest BCUT2D eigenvalue weighted by molar-refractivity contribution is 0.0221. The topological polar surface area (TPSA) is 65.2 Å². The minimum atomic E-state index is -0.290. The fourth-order valence-electron chi connectivity index (χ4n) is 3.55. The number of aromatic amines is 1. The number of hydrogen-bond donors (Lipinski definition) is 2. The average molecular weight is 275 g/mol. The Morgan fingerprint density at radius 1 is 1.25 bits per heavy atom. The van der Waals surface area contributed by atoms with Gasteiger partial charge in [0.25, 0.3) is 11.5 Å². The molecule has 5 nitrogen and oxygen atoms in total. The van der Waals surface area contributed by atoms with Crippen molar-refractivity contribution < 1.29 is 4.79 Å². The largest absolute Gasteiger partial charge is 0.330 e. The second-order valence-corrected chi connectivity index (χ2v) is 5.83. The summed E-state index contributed by atoms with van der Waals surface area (Å²) in [4.78, 5) is 29.2. The van der Waals surface area contributed by atoms with Gasteiger partial charge in [0.05, 0.1) is 5.54 Å². The fraction of sp³-hybridized carbons (Fsp3) is 0.600. The van der Waals surface area contributed by atoms with Crippen LogP contribution in [0.1, 0.15) is 42.5 Å². The van der Waals surface area contributed by atoms with Crippen LogP contribution in [0.5, 0.6) is 0 Å². The van der Waals surface area contributed by atoms with E-state index in [-0.39, 0.29) is 22.6 Å². The highest BCUT2D eigenvalue weighted by molar-refractivity contribution is 5.94. The van der Waals surface area contributed by atoms with Crippen LogP contribution in [0.3, 0.4) is 0 Å². The molecule has 2 fully saturated rings. The van der Waals surface area contributed by atoms with Gasteiger partial charge in [-0.25, -0.2) is 0 Å². The molecule has 0 bridgehead atoms. The number of aromatic nitrogens is 1. The summed E-state index contributed by atoms with van der Waals surface area (Å²) >= 11 is 0. The van der Waals surface area contributed by atoms with E-state index in [1.807, 2.05) is 4.90 Å². The van der Waals surface area contributed by atoms with Crippen molar-refractivity contribution in [3.63, 3.8) is 0 Å². The zero-order valence-corrected chi connectivity index (χ0v) is 11.7. The van der Waals surface area contributed by atoms with Crippen LogP contribution in [0.15, 0.2) is 23.1 Å². The van der Waals surface area contributed by atoms with Crippen LogP contribution in [0.2, 0.25) is 0 Å². The standard InChI is InChI=1S/C15H21N3O2/c19-13-12(5-4-8-17-13)14(20)18-10-9-16-11-15(18)6-2-1-3-7-15/h4-5,8,16H,1-3,6-7,9-11H2,(H,17,19). The number of nitrogens with zero attached hydrogens (tertiary/aromatic N) is 1. The van der Waals surface area contributed by atoms with Crippen molar-refractivity contribution in [3.05, 3.63) is 34.2 Å². The molecule has 0 atom stereocenters. The lowest BCUT2D eigenvalue weighted by Gasteiger charge is -2.49. The number of piperazine rings is 1. The molecule has 0 aromatic carbocycles. The third-order valence-corrected chi connectivity index (χ3v) is 4.62. The quantitative estimate of drug-likeness (QED) is 0.807. The van der Waals surface area contributed by atoms with Gasteiger partial charge in [-0.1, -0.05) is 19.3 Å². The molecule has 1 aromatic heterocycles. The van der Waals surface area contributed by atoms with Crippen LogP contribution in [0, 0.1) is 0 Å². The third kappa shape index (κ3) is 2.26. The Hall–Kier alpha value is -1.62. The Balaban J connectivity index is 1.92. The van der Waals surface area contributed by atoms with E-state index in [1.54, 1.807) is 18.3 Å². The van der Waals surface area contributed by atoms with Gasteiger partial charge in [-0.2, -0.15) is 0 Å². The molecule has 2 N–H and O–H groups in total. The molecule has 2 aliphatic rings. The summed E-state index contributed by atoms with van der Waals surface area (Å²) in [6.07, 6.45) is 7.21. The van der Waals surface area contributed by atoms with Gasteiger partial charge in [-0.3, -0.25) is 9.59 Å². The summed E-state index contributed by atoms with van der Waals surface area (Å²) in [5.74, 6) is -0.116. The molecule has 1 saturated heterocycles. The first kappa shape index (κ1) is 13.4. The van der Waals surface area contributed by atoms with Crippen molar-refractivity contribution in [1.29, 1.82) is 0 Å². The first-order valence-corrected chi connectivity index (χ1v) is 7.43. The number of carbonyl (C=O) groups is 1. The number of rotatable bonds is 1. The van der Waals surface area contributed by atoms with E-state index in [4.69, 9.17) is 0 Å². The zero-order chi connectivity index (χ0) is 14.0. The summed E-state index contributed by atoms with van der Waals surface area (Å²) in [5.41, 5.74) is -0.114. The van der Waals surface area contributed by atoms with Gasteiger partial charge in [0.2, 0.25) is 0 Å². The van der Waals surface area contributed by atoms with Crippen LogP contribution >= 0.6 is 0 Å². The minimum Gasteiger partial charge on any atom is -0.330 e. The Kier molecular flexibility index (Phi) is 3.61. The van der Waals surface area contributed by atoms with Gasteiger partial charge in [-0.15, -0.1) is 0 Å². The molecule has 1 aromatic rings. The molecule has 20 heavy (non-hydrogen) atoms. The van der Waals surface area contributed by atoms with Crippen molar-refractivity contribution in [3.8, 4) is 0 Å². The number of hydrogen-bond acceptors (Lipinski definition) is 3. The lowest BCUT2D eigenvalue weighted by atomic mass is 9.78. The summed E-state index contributed by atoms with van der Waals surface area (Å²) < 4.78 is 0. The summed E-state index contributed by atoms with van der Waals surface area (Å²) in [6.45, 7) is 2.34. The summed E-state index contributed by atoms with van der Waals surface area (Å²) in [5, 5.41) is 3.42. The highest BCUT2D eigenvalue weighted by Gasteiger charge is 2.42. The molecule has 1 amide bonds. The molecule has 0 unspecified atom stereocenters. The number of nitrogens with one attached hydrogen (secondary N) is 2. The monoisotopic (exact) mass is 275 g/mol. The van der Waals surface area contributed by atoms with E-state index in [0.717, 1.165) is 38.8 Å². The summed E-state index contributed by atoms with van der Waals surface area (Å²) in [7, 11) is 0. The molecule has 2 heterocycles. The van der Waals surface area contributed by atoms with Crippen LogP contribution in [-0.4, -0.2) is 41.0 Å². The smallest absolute Gasteiger partial charge is 0.260 e. The van der Waals surface area contributed by atoms with Crippen LogP contribution in [-0.2, 0) is 0 Å². The molecule has 1 aliphatic heterocycles. The maximum atomic E-state index is 12.8. The first-order valence-electron chi connectivity index (χ1n) is 7.43. The highest BCUT2D eigenvalue weighted by atomic mass is 16.2. The van der Waals surface area contributed by atoms with Crippen molar-refractivity contribution >= 4 is 5.91 Å². The SMILES string of the molecule is O=C(c1ccc[nH]c1=O)N1CCNCC12CCCCC2. The van der Waals surface area contributed by atoms with Crippen LogP contribution in [0.25, 0.3) is 0 Å². The number of pyridine rings is 1. The van der Waals surface area contributed by atoms with E-state index in [9.17, 15) is 9.59 Å². The van der Waals surface area contributed by atoms with Crippen molar-refractivity contribution in [2.45, 2.75) is 37.6 Å². The van der Waals surface area contributed by atoms with Gasteiger partial charge in [0.1, 0.15) is 5.56 Å². The normalized spacial score (nSPS) is 21.9. The molecule has 1 saturated carbocycles. The summed E-state index contributed by atoms with van der Waals surface area (Å²) in [6, 6.07) is 3.34. The Morgan fingerprint density at radius 2 is 2.05 bits per heavy atom. The maximum absolute atomic E-state index is 12.8. The van der Waals surface area contributed by atoms with Crippen molar-refractivity contribution in [2.24, 2.45) is 0 Å². The van der Waals surface area contributed by atoms with Gasteiger partial charge < -0.3 is 15.2 Å². The number of H-pyrrole nitrogens is 1. The highest BCUT2D eigenvalue weighted by Crippen LogP contribution is 2.35. The van der Waals surface area contributed by atoms with Crippen molar-refractivity contribution in [1.82, 2.24) is 15.2 Å². The predicted octanol–water partition coefficient (Wildman–Crippen LogP) is 1.12. The maximum Gasteiger partial charge on any atom is 0.260 e. The lowest BCUT2D eigenvalue weighted by Crippen LogP contribution is -2.64. The van der Waals surface area contributed by atoms with E-state index >= 15 is 0 Å². The second kappa shape index (κ2) is 5.40.